The van der Waals surface area contributed by atoms with Gasteiger partial charge in [-0.3, -0.25) is 5.32 Å². The van der Waals surface area contributed by atoms with Gasteiger partial charge in [-0.05, 0) is 24.9 Å². The lowest BCUT2D eigenvalue weighted by Gasteiger charge is -2.27. The number of rotatable bonds is 8. The molecule has 0 heterocycles. The molecule has 1 atom stereocenters. The Hall–Kier alpha value is -1.37. The second kappa shape index (κ2) is 7.42. The first kappa shape index (κ1) is 15.0. The second-order valence-electron chi connectivity index (χ2n) is 5.58. The number of nitriles is 1. The van der Waals surface area contributed by atoms with Crippen LogP contribution in [0.3, 0.4) is 0 Å². The molecule has 1 aliphatic carbocycles. The van der Waals surface area contributed by atoms with Crippen molar-refractivity contribution in [3.05, 3.63) is 35.9 Å². The molecule has 1 aromatic rings. The molecule has 0 radical (unpaired) electrons. The molecule has 1 saturated carbocycles. The standard InChI is InChI=1S/C17H24N2O/c1-19-17(14-18,16-8-3-2-4-9-16)11-13-20-12-10-15-6-5-7-15/h2-4,8-9,15,19H,5-7,10-13H2,1H3. The van der Waals surface area contributed by atoms with Crippen LogP contribution in [0, 0.1) is 17.2 Å². The Morgan fingerprint density at radius 3 is 2.60 bits per heavy atom. The molecule has 1 fully saturated rings. The summed E-state index contributed by atoms with van der Waals surface area (Å²) in [6.07, 6.45) is 5.97. The zero-order valence-electron chi connectivity index (χ0n) is 12.3. The number of hydrogen-bond donors (Lipinski definition) is 1. The highest BCUT2D eigenvalue weighted by atomic mass is 16.5. The fourth-order valence-corrected chi connectivity index (χ4v) is 2.67. The van der Waals surface area contributed by atoms with Gasteiger partial charge in [0.05, 0.1) is 6.07 Å². The maximum absolute atomic E-state index is 9.55. The van der Waals surface area contributed by atoms with E-state index in [2.05, 4.69) is 11.4 Å². The molecule has 0 amide bonds. The minimum Gasteiger partial charge on any atom is -0.381 e. The molecule has 0 spiro atoms. The van der Waals surface area contributed by atoms with Crippen molar-refractivity contribution < 1.29 is 4.74 Å². The third kappa shape index (κ3) is 3.59. The zero-order chi connectivity index (χ0) is 14.3. The molecule has 1 unspecified atom stereocenters. The van der Waals surface area contributed by atoms with Gasteiger partial charge in [0.15, 0.2) is 0 Å². The quantitative estimate of drug-likeness (QED) is 0.739. The van der Waals surface area contributed by atoms with Gasteiger partial charge in [-0.2, -0.15) is 5.26 Å². The lowest BCUT2D eigenvalue weighted by Crippen LogP contribution is -2.39. The van der Waals surface area contributed by atoms with Crippen molar-refractivity contribution >= 4 is 0 Å². The van der Waals surface area contributed by atoms with Gasteiger partial charge in [0, 0.05) is 19.6 Å². The van der Waals surface area contributed by atoms with Gasteiger partial charge in [0.2, 0.25) is 0 Å². The van der Waals surface area contributed by atoms with Gasteiger partial charge < -0.3 is 4.74 Å². The lowest BCUT2D eigenvalue weighted by molar-refractivity contribution is 0.0935. The highest BCUT2D eigenvalue weighted by Gasteiger charge is 2.29. The van der Waals surface area contributed by atoms with Crippen LogP contribution in [-0.4, -0.2) is 20.3 Å². The molecule has 1 aromatic carbocycles. The Kier molecular flexibility index (Phi) is 5.58. The third-order valence-electron chi connectivity index (χ3n) is 4.40. The smallest absolute Gasteiger partial charge is 0.134 e. The van der Waals surface area contributed by atoms with Gasteiger partial charge in [0.25, 0.3) is 0 Å². The van der Waals surface area contributed by atoms with Gasteiger partial charge in [-0.25, -0.2) is 0 Å². The van der Waals surface area contributed by atoms with Crippen LogP contribution in [0.25, 0.3) is 0 Å². The first-order valence-electron chi connectivity index (χ1n) is 7.54. The van der Waals surface area contributed by atoms with E-state index < -0.39 is 5.54 Å². The Labute approximate surface area is 121 Å². The molecule has 108 valence electrons. The minimum atomic E-state index is -0.641. The van der Waals surface area contributed by atoms with Crippen molar-refractivity contribution in [2.75, 3.05) is 20.3 Å². The topological polar surface area (TPSA) is 45.0 Å². The molecular formula is C17H24N2O. The molecule has 0 aliphatic heterocycles. The van der Waals surface area contributed by atoms with Crippen LogP contribution in [0.4, 0.5) is 0 Å². The van der Waals surface area contributed by atoms with E-state index in [9.17, 15) is 5.26 Å². The Morgan fingerprint density at radius 1 is 1.30 bits per heavy atom. The van der Waals surface area contributed by atoms with E-state index >= 15 is 0 Å². The molecule has 1 N–H and O–H groups in total. The minimum absolute atomic E-state index is 0.621. The summed E-state index contributed by atoms with van der Waals surface area (Å²) in [5, 5.41) is 12.7. The summed E-state index contributed by atoms with van der Waals surface area (Å²) in [4.78, 5) is 0. The summed E-state index contributed by atoms with van der Waals surface area (Å²) in [6, 6.07) is 12.3. The van der Waals surface area contributed by atoms with Crippen LogP contribution >= 0.6 is 0 Å². The zero-order valence-corrected chi connectivity index (χ0v) is 12.3. The molecular weight excluding hydrogens is 248 g/mol. The van der Waals surface area contributed by atoms with Crippen LogP contribution in [0.1, 0.15) is 37.7 Å². The Balaban J connectivity index is 1.81. The number of ether oxygens (including phenoxy) is 1. The van der Waals surface area contributed by atoms with Crippen LogP contribution in [0.2, 0.25) is 0 Å². The third-order valence-corrected chi connectivity index (χ3v) is 4.40. The average molecular weight is 272 g/mol. The number of hydrogen-bond acceptors (Lipinski definition) is 3. The molecule has 3 heteroatoms. The molecule has 0 aromatic heterocycles. The highest BCUT2D eigenvalue weighted by molar-refractivity contribution is 5.31. The summed E-state index contributed by atoms with van der Waals surface area (Å²) >= 11 is 0. The largest absolute Gasteiger partial charge is 0.381 e. The first-order valence-corrected chi connectivity index (χ1v) is 7.54. The van der Waals surface area contributed by atoms with Crippen molar-refractivity contribution in [1.82, 2.24) is 5.32 Å². The summed E-state index contributed by atoms with van der Waals surface area (Å²) in [5.41, 5.74) is 0.366. The van der Waals surface area contributed by atoms with Gasteiger partial charge >= 0.3 is 0 Å². The number of nitrogens with zero attached hydrogens (tertiary/aromatic N) is 1. The van der Waals surface area contributed by atoms with E-state index in [1.165, 1.54) is 25.7 Å². The van der Waals surface area contributed by atoms with Crippen molar-refractivity contribution in [3.63, 3.8) is 0 Å². The predicted molar refractivity (Wildman–Crippen MR) is 80.2 cm³/mol. The highest BCUT2D eigenvalue weighted by Crippen LogP contribution is 2.29. The average Bonchev–Trinajstić information content (AvgIpc) is 2.46. The van der Waals surface area contributed by atoms with Crippen molar-refractivity contribution in [2.24, 2.45) is 5.92 Å². The van der Waals surface area contributed by atoms with Gasteiger partial charge in [-0.15, -0.1) is 0 Å². The normalized spacial score (nSPS) is 18.0. The van der Waals surface area contributed by atoms with Crippen molar-refractivity contribution in [3.8, 4) is 6.07 Å². The van der Waals surface area contributed by atoms with Gasteiger partial charge in [-0.1, -0.05) is 49.6 Å². The first-order chi connectivity index (χ1) is 9.80. The van der Waals surface area contributed by atoms with Crippen molar-refractivity contribution in [2.45, 2.75) is 37.6 Å². The van der Waals surface area contributed by atoms with E-state index in [4.69, 9.17) is 4.74 Å². The van der Waals surface area contributed by atoms with E-state index in [1.54, 1.807) is 0 Å². The molecule has 2 rings (SSSR count). The Morgan fingerprint density at radius 2 is 2.05 bits per heavy atom. The predicted octanol–water partition coefficient (Wildman–Crippen LogP) is 3.22. The molecule has 0 saturated heterocycles. The number of benzene rings is 1. The second-order valence-corrected chi connectivity index (χ2v) is 5.58. The maximum atomic E-state index is 9.55. The van der Waals surface area contributed by atoms with Crippen LogP contribution in [0.15, 0.2) is 30.3 Å². The van der Waals surface area contributed by atoms with E-state index in [-0.39, 0.29) is 0 Å². The number of nitrogens with one attached hydrogen (secondary N) is 1. The SMILES string of the molecule is CNC(C#N)(CCOCCC1CCC1)c1ccccc1. The van der Waals surface area contributed by atoms with Crippen LogP contribution < -0.4 is 5.32 Å². The summed E-state index contributed by atoms with van der Waals surface area (Å²) in [6.45, 7) is 1.45. The van der Waals surface area contributed by atoms with E-state index in [1.807, 2.05) is 37.4 Å². The molecule has 0 bridgehead atoms. The van der Waals surface area contributed by atoms with Crippen molar-refractivity contribution in [1.29, 1.82) is 5.26 Å². The fraction of sp³-hybridized carbons (Fsp3) is 0.588. The fourth-order valence-electron chi connectivity index (χ4n) is 2.67. The summed E-state index contributed by atoms with van der Waals surface area (Å²) in [5.74, 6) is 0.883. The molecule has 1 aliphatic rings. The van der Waals surface area contributed by atoms with Gasteiger partial charge in [0.1, 0.15) is 5.54 Å². The monoisotopic (exact) mass is 272 g/mol. The van der Waals surface area contributed by atoms with Crippen LogP contribution in [-0.2, 0) is 10.3 Å². The van der Waals surface area contributed by atoms with E-state index in [0.717, 1.165) is 18.1 Å². The van der Waals surface area contributed by atoms with Crippen LogP contribution in [0.5, 0.6) is 0 Å². The molecule has 20 heavy (non-hydrogen) atoms. The van der Waals surface area contributed by atoms with E-state index in [0.29, 0.717) is 13.0 Å². The molecule has 3 nitrogen and oxygen atoms in total. The summed E-state index contributed by atoms with van der Waals surface area (Å²) < 4.78 is 5.73. The Bertz CT molecular complexity index is 436. The lowest BCUT2D eigenvalue weighted by atomic mass is 9.83. The maximum Gasteiger partial charge on any atom is 0.134 e. The summed E-state index contributed by atoms with van der Waals surface area (Å²) in [7, 11) is 1.84.